The molecule has 21 heavy (non-hydrogen) atoms. The van der Waals surface area contributed by atoms with Gasteiger partial charge in [0.05, 0.1) is 5.56 Å². The molecule has 1 aromatic carbocycles. The first-order chi connectivity index (χ1) is 9.69. The predicted molar refractivity (Wildman–Crippen MR) is 70.8 cm³/mol. The highest BCUT2D eigenvalue weighted by Crippen LogP contribution is 2.40. The first-order valence-electron chi connectivity index (χ1n) is 6.15. The molecular formula is C14H12F3N3O. The molecule has 1 aliphatic rings. The fourth-order valence-corrected chi connectivity index (χ4v) is 2.61. The largest absolute Gasteiger partial charge is 0.416 e. The molecule has 1 aliphatic carbocycles. The van der Waals surface area contributed by atoms with Gasteiger partial charge in [0.25, 0.3) is 0 Å². The maximum absolute atomic E-state index is 12.7. The molecule has 0 aromatic heterocycles. The van der Waals surface area contributed by atoms with E-state index < -0.39 is 23.1 Å². The van der Waals surface area contributed by atoms with Gasteiger partial charge in [-0.3, -0.25) is 4.79 Å². The summed E-state index contributed by atoms with van der Waals surface area (Å²) in [6.07, 6.45) is -4.31. The highest BCUT2D eigenvalue weighted by molar-refractivity contribution is 6.08. The normalized spacial score (nSPS) is 20.9. The van der Waals surface area contributed by atoms with Gasteiger partial charge in [-0.15, -0.1) is 6.58 Å². The van der Waals surface area contributed by atoms with Gasteiger partial charge in [0.2, 0.25) is 0 Å². The van der Waals surface area contributed by atoms with E-state index in [0.717, 1.165) is 12.1 Å². The van der Waals surface area contributed by atoms with Crippen LogP contribution < -0.4 is 0 Å². The van der Waals surface area contributed by atoms with Gasteiger partial charge in [-0.25, -0.2) is 0 Å². The Morgan fingerprint density at radius 2 is 2.19 bits per heavy atom. The lowest BCUT2D eigenvalue weighted by atomic mass is 9.88. The minimum absolute atomic E-state index is 0.0292. The van der Waals surface area contributed by atoms with Crippen molar-refractivity contribution in [2.45, 2.75) is 31.5 Å². The molecule has 0 aliphatic heterocycles. The van der Waals surface area contributed by atoms with Crippen LogP contribution in [0.3, 0.4) is 0 Å². The summed E-state index contributed by atoms with van der Waals surface area (Å²) in [6, 6.07) is 3.02. The van der Waals surface area contributed by atoms with Crippen molar-refractivity contribution < 1.29 is 18.0 Å². The Morgan fingerprint density at radius 1 is 1.52 bits per heavy atom. The Hall–Kier alpha value is -2.27. The molecule has 0 fully saturated rings. The number of fused-ring (bicyclic) bond motifs is 1. The summed E-state index contributed by atoms with van der Waals surface area (Å²) in [4.78, 5) is 15.1. The Bertz CT molecular complexity index is 675. The Labute approximate surface area is 118 Å². The number of alkyl halides is 3. The van der Waals surface area contributed by atoms with Crippen molar-refractivity contribution in [1.29, 1.82) is 0 Å². The number of carbonyl (C=O) groups is 1. The summed E-state index contributed by atoms with van der Waals surface area (Å²) in [7, 11) is 0. The highest BCUT2D eigenvalue weighted by atomic mass is 19.4. The Balaban J connectivity index is 2.52. The fourth-order valence-electron chi connectivity index (χ4n) is 2.61. The molecule has 0 radical (unpaired) electrons. The van der Waals surface area contributed by atoms with Crippen molar-refractivity contribution >= 4 is 5.78 Å². The van der Waals surface area contributed by atoms with Crippen LogP contribution in [0.2, 0.25) is 0 Å². The summed E-state index contributed by atoms with van der Waals surface area (Å²) in [5.74, 6) is -0.579. The number of Topliss-reactive ketones (excluding diaryl/α,β-unsaturated/α-hetero) is 1. The van der Waals surface area contributed by atoms with Crippen LogP contribution in [0.5, 0.6) is 0 Å². The monoisotopic (exact) mass is 295 g/mol. The van der Waals surface area contributed by atoms with Crippen LogP contribution in [-0.4, -0.2) is 11.3 Å². The molecule has 1 aromatic rings. The zero-order valence-electron chi connectivity index (χ0n) is 11.2. The van der Waals surface area contributed by atoms with Gasteiger partial charge in [-0.2, -0.15) is 13.2 Å². The summed E-state index contributed by atoms with van der Waals surface area (Å²) >= 11 is 0. The molecule has 0 bridgehead atoms. The Kier molecular flexibility index (Phi) is 3.55. The minimum atomic E-state index is -4.52. The van der Waals surface area contributed by atoms with Crippen LogP contribution in [0.15, 0.2) is 35.5 Å². The first-order valence-corrected chi connectivity index (χ1v) is 6.15. The van der Waals surface area contributed by atoms with Crippen molar-refractivity contribution in [3.8, 4) is 0 Å². The second kappa shape index (κ2) is 4.93. The second-order valence-electron chi connectivity index (χ2n) is 5.23. The molecular weight excluding hydrogens is 283 g/mol. The van der Waals surface area contributed by atoms with Gasteiger partial charge >= 0.3 is 6.18 Å². The van der Waals surface area contributed by atoms with E-state index in [1.807, 2.05) is 0 Å². The van der Waals surface area contributed by atoms with E-state index in [4.69, 9.17) is 5.53 Å². The van der Waals surface area contributed by atoms with Crippen LogP contribution in [0.1, 0.15) is 34.8 Å². The number of halogens is 3. The van der Waals surface area contributed by atoms with Crippen LogP contribution in [0, 0.1) is 0 Å². The average Bonchev–Trinajstić information content (AvgIpc) is 2.61. The van der Waals surface area contributed by atoms with E-state index in [1.165, 1.54) is 6.07 Å². The van der Waals surface area contributed by atoms with Crippen LogP contribution >= 0.6 is 0 Å². The highest BCUT2D eigenvalue weighted by Gasteiger charge is 2.46. The molecule has 7 heteroatoms. The number of hydrogen-bond acceptors (Lipinski definition) is 2. The van der Waals surface area contributed by atoms with Crippen molar-refractivity contribution in [3.63, 3.8) is 0 Å². The van der Waals surface area contributed by atoms with E-state index >= 15 is 0 Å². The molecule has 1 atom stereocenters. The number of benzene rings is 1. The van der Waals surface area contributed by atoms with Crippen LogP contribution in [0.25, 0.3) is 10.4 Å². The molecule has 0 spiro atoms. The SMILES string of the molecule is C=C(C)C[C@@]1(N=[N+]=[N-])Cc2ccc(C(F)(F)F)cc2C1=O. The standard InChI is InChI=1S/C14H12F3N3O/c1-8(2)6-13(19-20-18)7-9-3-4-10(14(15,16)17)5-11(9)12(13)21/h3-5H,1,6-7H2,2H3/t13-/m1/s1. The van der Waals surface area contributed by atoms with E-state index in [9.17, 15) is 18.0 Å². The number of ketones is 1. The number of rotatable bonds is 3. The molecule has 0 unspecified atom stereocenters. The zero-order valence-corrected chi connectivity index (χ0v) is 11.2. The maximum Gasteiger partial charge on any atom is 0.416 e. The Morgan fingerprint density at radius 3 is 2.71 bits per heavy atom. The predicted octanol–water partition coefficient (Wildman–Crippen LogP) is 4.46. The second-order valence-corrected chi connectivity index (χ2v) is 5.23. The molecule has 0 amide bonds. The number of nitrogens with zero attached hydrogens (tertiary/aromatic N) is 3. The smallest absolute Gasteiger partial charge is 0.293 e. The molecule has 0 N–H and O–H groups in total. The minimum Gasteiger partial charge on any atom is -0.293 e. The molecule has 0 saturated heterocycles. The fraction of sp³-hybridized carbons (Fsp3) is 0.357. The van der Waals surface area contributed by atoms with Crippen molar-refractivity contribution in [3.05, 3.63) is 57.5 Å². The average molecular weight is 295 g/mol. The number of hydrogen-bond donors (Lipinski definition) is 0. The molecule has 4 nitrogen and oxygen atoms in total. The lowest BCUT2D eigenvalue weighted by Gasteiger charge is -2.20. The summed E-state index contributed by atoms with van der Waals surface area (Å²) in [5, 5.41) is 3.57. The van der Waals surface area contributed by atoms with Crippen molar-refractivity contribution in [2.75, 3.05) is 0 Å². The first kappa shape index (κ1) is 15.1. The molecule has 0 heterocycles. The van der Waals surface area contributed by atoms with E-state index in [-0.39, 0.29) is 18.4 Å². The summed E-state index contributed by atoms with van der Waals surface area (Å²) in [5.41, 5.74) is 7.45. The van der Waals surface area contributed by atoms with Gasteiger partial charge in [0.1, 0.15) is 5.54 Å². The number of carbonyl (C=O) groups excluding carboxylic acids is 1. The molecule has 2 rings (SSSR count). The summed E-state index contributed by atoms with van der Waals surface area (Å²) in [6.45, 7) is 5.36. The lowest BCUT2D eigenvalue weighted by molar-refractivity contribution is -0.137. The van der Waals surface area contributed by atoms with Gasteiger partial charge in [0, 0.05) is 10.5 Å². The summed E-state index contributed by atoms with van der Waals surface area (Å²) < 4.78 is 38.2. The number of azide groups is 1. The third kappa shape index (κ3) is 2.64. The van der Waals surface area contributed by atoms with E-state index in [0.29, 0.717) is 11.1 Å². The van der Waals surface area contributed by atoms with Crippen molar-refractivity contribution in [2.24, 2.45) is 5.11 Å². The molecule has 0 saturated carbocycles. The van der Waals surface area contributed by atoms with Crippen LogP contribution in [-0.2, 0) is 12.6 Å². The van der Waals surface area contributed by atoms with Crippen molar-refractivity contribution in [1.82, 2.24) is 0 Å². The lowest BCUT2D eigenvalue weighted by Crippen LogP contribution is -2.33. The topological polar surface area (TPSA) is 65.8 Å². The maximum atomic E-state index is 12.7. The van der Waals surface area contributed by atoms with Gasteiger partial charge in [-0.1, -0.05) is 16.8 Å². The van der Waals surface area contributed by atoms with Gasteiger partial charge in [-0.05, 0) is 43.0 Å². The van der Waals surface area contributed by atoms with Gasteiger partial charge < -0.3 is 0 Å². The molecule has 110 valence electrons. The quantitative estimate of drug-likeness (QED) is 0.351. The van der Waals surface area contributed by atoms with Crippen LogP contribution in [0.4, 0.5) is 13.2 Å². The van der Waals surface area contributed by atoms with E-state index in [1.54, 1.807) is 6.92 Å². The zero-order chi connectivity index (χ0) is 15.8. The van der Waals surface area contributed by atoms with Gasteiger partial charge in [0.15, 0.2) is 5.78 Å². The third-order valence-corrected chi connectivity index (χ3v) is 3.42. The third-order valence-electron chi connectivity index (χ3n) is 3.42. The van der Waals surface area contributed by atoms with E-state index in [2.05, 4.69) is 16.6 Å².